The molecule has 1 aliphatic rings. The van der Waals surface area contributed by atoms with Crippen LogP contribution in [0.5, 0.6) is 5.75 Å². The lowest BCUT2D eigenvalue weighted by molar-refractivity contribution is -0.385. The zero-order valence-electron chi connectivity index (χ0n) is 9.19. The third-order valence-corrected chi connectivity index (χ3v) is 3.29. The van der Waals surface area contributed by atoms with Crippen molar-refractivity contribution in [2.75, 3.05) is 13.1 Å². The van der Waals surface area contributed by atoms with Gasteiger partial charge < -0.3 is 10.1 Å². The second kappa shape index (κ2) is 5.46. The molecule has 2 rings (SSSR count). The van der Waals surface area contributed by atoms with Crippen LogP contribution in [0.4, 0.5) is 5.69 Å². The Labute approximate surface area is 107 Å². The molecule has 17 heavy (non-hydrogen) atoms. The van der Waals surface area contributed by atoms with E-state index in [2.05, 4.69) is 21.2 Å². The van der Waals surface area contributed by atoms with E-state index in [1.807, 2.05) is 0 Å². The van der Waals surface area contributed by atoms with Crippen molar-refractivity contribution in [3.63, 3.8) is 0 Å². The minimum absolute atomic E-state index is 0.0611. The molecule has 1 aliphatic heterocycles. The van der Waals surface area contributed by atoms with Gasteiger partial charge in [-0.3, -0.25) is 10.1 Å². The van der Waals surface area contributed by atoms with E-state index < -0.39 is 4.92 Å². The number of piperidine rings is 1. The zero-order chi connectivity index (χ0) is 12.3. The zero-order valence-corrected chi connectivity index (χ0v) is 10.8. The maximum Gasteiger partial charge on any atom is 0.270 e. The Bertz CT molecular complexity index is 419. The summed E-state index contributed by atoms with van der Waals surface area (Å²) in [6.45, 7) is 1.85. The topological polar surface area (TPSA) is 64.4 Å². The van der Waals surface area contributed by atoms with Crippen LogP contribution in [0.3, 0.4) is 0 Å². The van der Waals surface area contributed by atoms with Crippen LogP contribution >= 0.6 is 15.9 Å². The Morgan fingerprint density at radius 3 is 2.94 bits per heavy atom. The number of nitrogens with one attached hydrogen (secondary N) is 1. The molecule has 92 valence electrons. The number of nitrogens with zero attached hydrogens (tertiary/aromatic N) is 1. The molecule has 1 saturated heterocycles. The standard InChI is InChI=1S/C11H13BrN2O3/c12-10-6-8(14(15)16)3-4-11(10)17-9-2-1-5-13-7-9/h3-4,6,9,13H,1-2,5,7H2. The Morgan fingerprint density at radius 1 is 1.53 bits per heavy atom. The van der Waals surface area contributed by atoms with Crippen molar-refractivity contribution in [1.82, 2.24) is 5.32 Å². The summed E-state index contributed by atoms with van der Waals surface area (Å²) in [5.74, 6) is 0.657. The van der Waals surface area contributed by atoms with Crippen molar-refractivity contribution in [3.05, 3.63) is 32.8 Å². The molecule has 0 bridgehead atoms. The Balaban J connectivity index is 2.08. The van der Waals surface area contributed by atoms with E-state index in [0.717, 1.165) is 25.9 Å². The second-order valence-electron chi connectivity index (χ2n) is 3.96. The van der Waals surface area contributed by atoms with Gasteiger partial charge in [-0.15, -0.1) is 0 Å². The first-order valence-corrected chi connectivity index (χ1v) is 6.27. The molecule has 0 aromatic heterocycles. The van der Waals surface area contributed by atoms with Gasteiger partial charge in [0, 0.05) is 18.7 Å². The molecule has 1 unspecified atom stereocenters. The van der Waals surface area contributed by atoms with Crippen LogP contribution in [-0.2, 0) is 0 Å². The van der Waals surface area contributed by atoms with Gasteiger partial charge in [0.05, 0.1) is 9.40 Å². The third-order valence-electron chi connectivity index (χ3n) is 2.67. The van der Waals surface area contributed by atoms with Gasteiger partial charge in [0.25, 0.3) is 5.69 Å². The van der Waals surface area contributed by atoms with Crippen LogP contribution in [-0.4, -0.2) is 24.1 Å². The molecule has 1 fully saturated rings. The van der Waals surface area contributed by atoms with Gasteiger partial charge in [-0.25, -0.2) is 0 Å². The van der Waals surface area contributed by atoms with Crippen LogP contribution in [0.1, 0.15) is 12.8 Å². The lowest BCUT2D eigenvalue weighted by Gasteiger charge is -2.24. The first-order valence-electron chi connectivity index (χ1n) is 5.48. The van der Waals surface area contributed by atoms with Crippen LogP contribution in [0.2, 0.25) is 0 Å². The number of nitro benzene ring substituents is 1. The number of nitro groups is 1. The molecule has 0 aliphatic carbocycles. The van der Waals surface area contributed by atoms with Gasteiger partial charge in [-0.2, -0.15) is 0 Å². The molecule has 1 aromatic carbocycles. The number of non-ortho nitro benzene ring substituents is 1. The predicted molar refractivity (Wildman–Crippen MR) is 67.3 cm³/mol. The summed E-state index contributed by atoms with van der Waals surface area (Å²) in [7, 11) is 0. The predicted octanol–water partition coefficient (Wildman–Crippen LogP) is 2.49. The van der Waals surface area contributed by atoms with E-state index in [4.69, 9.17) is 4.74 Å². The molecular weight excluding hydrogens is 288 g/mol. The van der Waals surface area contributed by atoms with Gasteiger partial charge in [0.15, 0.2) is 0 Å². The summed E-state index contributed by atoms with van der Waals surface area (Å²) in [5, 5.41) is 13.8. The Kier molecular flexibility index (Phi) is 3.96. The largest absolute Gasteiger partial charge is 0.488 e. The van der Waals surface area contributed by atoms with Crippen molar-refractivity contribution < 1.29 is 9.66 Å². The highest BCUT2D eigenvalue weighted by Crippen LogP contribution is 2.30. The van der Waals surface area contributed by atoms with E-state index in [-0.39, 0.29) is 11.8 Å². The second-order valence-corrected chi connectivity index (χ2v) is 4.81. The Morgan fingerprint density at radius 2 is 2.35 bits per heavy atom. The van der Waals surface area contributed by atoms with Crippen LogP contribution in [0, 0.1) is 10.1 Å². The molecule has 0 radical (unpaired) electrons. The minimum Gasteiger partial charge on any atom is -0.488 e. The van der Waals surface area contributed by atoms with Crippen molar-refractivity contribution >= 4 is 21.6 Å². The molecule has 0 amide bonds. The minimum atomic E-state index is -0.420. The van der Waals surface area contributed by atoms with Crippen LogP contribution in [0.25, 0.3) is 0 Å². The van der Waals surface area contributed by atoms with E-state index in [0.29, 0.717) is 10.2 Å². The maximum atomic E-state index is 10.6. The molecule has 0 saturated carbocycles. The van der Waals surface area contributed by atoms with Gasteiger partial charge in [0.2, 0.25) is 0 Å². The summed E-state index contributed by atoms with van der Waals surface area (Å²) >= 11 is 3.29. The number of hydrogen-bond acceptors (Lipinski definition) is 4. The maximum absolute atomic E-state index is 10.6. The van der Waals surface area contributed by atoms with Gasteiger partial charge in [-0.1, -0.05) is 0 Å². The van der Waals surface area contributed by atoms with E-state index in [9.17, 15) is 10.1 Å². The monoisotopic (exact) mass is 300 g/mol. The highest BCUT2D eigenvalue weighted by molar-refractivity contribution is 9.10. The smallest absolute Gasteiger partial charge is 0.270 e. The lowest BCUT2D eigenvalue weighted by atomic mass is 10.1. The molecule has 5 nitrogen and oxygen atoms in total. The van der Waals surface area contributed by atoms with Crippen LogP contribution in [0.15, 0.2) is 22.7 Å². The van der Waals surface area contributed by atoms with Gasteiger partial charge in [0.1, 0.15) is 11.9 Å². The molecular formula is C11H13BrN2O3. The molecule has 1 heterocycles. The number of halogens is 1. The third kappa shape index (κ3) is 3.17. The fraction of sp³-hybridized carbons (Fsp3) is 0.455. The van der Waals surface area contributed by atoms with Crippen molar-refractivity contribution in [1.29, 1.82) is 0 Å². The summed E-state index contributed by atoms with van der Waals surface area (Å²) in [6.07, 6.45) is 2.24. The van der Waals surface area contributed by atoms with E-state index in [1.165, 1.54) is 12.1 Å². The number of hydrogen-bond donors (Lipinski definition) is 1. The molecule has 1 N–H and O–H groups in total. The summed E-state index contributed by atoms with van der Waals surface area (Å²) in [6, 6.07) is 4.55. The molecule has 0 spiro atoms. The van der Waals surface area contributed by atoms with Gasteiger partial charge in [-0.05, 0) is 41.4 Å². The van der Waals surface area contributed by atoms with E-state index in [1.54, 1.807) is 6.07 Å². The van der Waals surface area contributed by atoms with Crippen molar-refractivity contribution in [2.45, 2.75) is 18.9 Å². The van der Waals surface area contributed by atoms with E-state index >= 15 is 0 Å². The van der Waals surface area contributed by atoms with Crippen LogP contribution < -0.4 is 10.1 Å². The first-order chi connectivity index (χ1) is 8.16. The molecule has 6 heteroatoms. The average molecular weight is 301 g/mol. The lowest BCUT2D eigenvalue weighted by Crippen LogP contribution is -2.37. The fourth-order valence-electron chi connectivity index (χ4n) is 1.80. The summed E-state index contributed by atoms with van der Waals surface area (Å²) in [5.41, 5.74) is 0.0611. The number of benzene rings is 1. The summed E-state index contributed by atoms with van der Waals surface area (Å²) in [4.78, 5) is 10.2. The summed E-state index contributed by atoms with van der Waals surface area (Å²) < 4.78 is 6.41. The highest BCUT2D eigenvalue weighted by Gasteiger charge is 2.17. The average Bonchev–Trinajstić information content (AvgIpc) is 2.33. The normalized spacial score (nSPS) is 19.9. The Hall–Kier alpha value is -1.14. The molecule has 1 aromatic rings. The van der Waals surface area contributed by atoms with Gasteiger partial charge >= 0.3 is 0 Å². The van der Waals surface area contributed by atoms with Crippen molar-refractivity contribution in [2.24, 2.45) is 0 Å². The fourth-order valence-corrected chi connectivity index (χ4v) is 2.26. The highest BCUT2D eigenvalue weighted by atomic mass is 79.9. The quantitative estimate of drug-likeness (QED) is 0.688. The molecule has 1 atom stereocenters. The number of rotatable bonds is 3. The van der Waals surface area contributed by atoms with Crippen molar-refractivity contribution in [3.8, 4) is 5.75 Å². The first kappa shape index (κ1) is 12.3. The SMILES string of the molecule is O=[N+]([O-])c1ccc(OC2CCCNC2)c(Br)c1. The number of ether oxygens (including phenoxy) is 1.